The second kappa shape index (κ2) is 6.82. The van der Waals surface area contributed by atoms with E-state index in [9.17, 15) is 14.7 Å². The molecule has 0 radical (unpaired) electrons. The lowest BCUT2D eigenvalue weighted by Crippen LogP contribution is -2.43. The molecule has 0 aromatic carbocycles. The van der Waals surface area contributed by atoms with E-state index in [1.807, 2.05) is 13.0 Å². The van der Waals surface area contributed by atoms with E-state index >= 15 is 0 Å². The fourth-order valence-corrected chi connectivity index (χ4v) is 3.32. The fourth-order valence-electron chi connectivity index (χ4n) is 1.98. The van der Waals surface area contributed by atoms with E-state index in [0.29, 0.717) is 23.4 Å². The van der Waals surface area contributed by atoms with Crippen molar-refractivity contribution in [3.63, 3.8) is 0 Å². The largest absolute Gasteiger partial charge is 0.480 e. The summed E-state index contributed by atoms with van der Waals surface area (Å²) in [6.45, 7) is 1.87. The van der Waals surface area contributed by atoms with Gasteiger partial charge in [-0.15, -0.1) is 0 Å². The van der Waals surface area contributed by atoms with Crippen molar-refractivity contribution in [2.75, 3.05) is 0 Å². The van der Waals surface area contributed by atoms with Crippen molar-refractivity contribution >= 4 is 46.3 Å². The van der Waals surface area contributed by atoms with E-state index in [1.54, 1.807) is 24.4 Å². The average Bonchev–Trinajstić information content (AvgIpc) is 2.72. The molecule has 1 atom stereocenters. The molecule has 1 aliphatic heterocycles. The highest BCUT2D eigenvalue weighted by Crippen LogP contribution is 2.34. The third kappa shape index (κ3) is 3.48. The Labute approximate surface area is 132 Å². The molecule has 1 saturated heterocycles. The zero-order chi connectivity index (χ0) is 15.4. The lowest BCUT2D eigenvalue weighted by molar-refractivity contribution is -0.145. The summed E-state index contributed by atoms with van der Waals surface area (Å²) in [5.41, 5.74) is 0.639. The van der Waals surface area contributed by atoms with E-state index in [1.165, 1.54) is 4.90 Å². The Hall–Kier alpha value is -1.73. The first kappa shape index (κ1) is 15.7. The maximum absolute atomic E-state index is 12.4. The van der Waals surface area contributed by atoms with Crippen LogP contribution in [0.25, 0.3) is 6.08 Å². The van der Waals surface area contributed by atoms with Gasteiger partial charge in [0.2, 0.25) is 0 Å². The molecule has 1 N–H and O–H groups in total. The van der Waals surface area contributed by atoms with Gasteiger partial charge in [-0.05, 0) is 24.6 Å². The molecule has 0 saturated carbocycles. The van der Waals surface area contributed by atoms with E-state index < -0.39 is 12.0 Å². The van der Waals surface area contributed by atoms with Crippen molar-refractivity contribution in [2.24, 2.45) is 0 Å². The second-order valence-corrected chi connectivity index (χ2v) is 6.12. The van der Waals surface area contributed by atoms with Gasteiger partial charge in [-0.3, -0.25) is 14.7 Å². The number of carbonyl (C=O) groups excluding carboxylic acids is 1. The number of hydrogen-bond donors (Lipinski definition) is 1. The summed E-state index contributed by atoms with van der Waals surface area (Å²) in [6.07, 6.45) is 4.29. The molecule has 1 amide bonds. The minimum atomic E-state index is -1.03. The molecule has 0 bridgehead atoms. The third-order valence-electron chi connectivity index (χ3n) is 2.95. The Balaban J connectivity index is 2.28. The zero-order valence-corrected chi connectivity index (χ0v) is 13.0. The van der Waals surface area contributed by atoms with Crippen LogP contribution in [0.5, 0.6) is 0 Å². The topological polar surface area (TPSA) is 70.5 Å². The maximum Gasteiger partial charge on any atom is 0.326 e. The van der Waals surface area contributed by atoms with Gasteiger partial charge in [-0.2, -0.15) is 0 Å². The number of rotatable bonds is 5. The van der Waals surface area contributed by atoms with Gasteiger partial charge in [-0.25, -0.2) is 4.79 Å². The number of carbonyl (C=O) groups is 2. The molecule has 21 heavy (non-hydrogen) atoms. The Bertz CT molecular complexity index is 601. The van der Waals surface area contributed by atoms with Crippen LogP contribution >= 0.6 is 24.0 Å². The molecule has 0 aliphatic carbocycles. The first-order valence-electron chi connectivity index (χ1n) is 6.45. The summed E-state index contributed by atoms with van der Waals surface area (Å²) < 4.78 is 0.281. The van der Waals surface area contributed by atoms with E-state index in [2.05, 4.69) is 4.98 Å². The molecule has 7 heteroatoms. The average molecular weight is 322 g/mol. The van der Waals surface area contributed by atoms with Crippen LogP contribution in [-0.4, -0.2) is 37.2 Å². The van der Waals surface area contributed by atoms with Crippen LogP contribution in [0.2, 0.25) is 0 Å². The number of aliphatic carboxylic acids is 1. The van der Waals surface area contributed by atoms with Gasteiger partial charge in [0.25, 0.3) is 5.91 Å². The van der Waals surface area contributed by atoms with Crippen molar-refractivity contribution < 1.29 is 14.7 Å². The smallest absolute Gasteiger partial charge is 0.326 e. The molecule has 0 unspecified atom stereocenters. The molecule has 1 fully saturated rings. The summed E-state index contributed by atoms with van der Waals surface area (Å²) in [7, 11) is 0. The van der Waals surface area contributed by atoms with Gasteiger partial charge in [0.05, 0.1) is 10.6 Å². The van der Waals surface area contributed by atoms with Crippen LogP contribution in [0.15, 0.2) is 29.3 Å². The minimum absolute atomic E-state index is 0.281. The van der Waals surface area contributed by atoms with Crippen LogP contribution in [0, 0.1) is 0 Å². The molecule has 1 aromatic rings. The van der Waals surface area contributed by atoms with Gasteiger partial charge >= 0.3 is 5.97 Å². The van der Waals surface area contributed by atoms with E-state index in [0.717, 1.165) is 11.8 Å². The molecule has 1 aromatic heterocycles. The first-order valence-corrected chi connectivity index (χ1v) is 7.68. The predicted octanol–water partition coefficient (Wildman–Crippen LogP) is 2.54. The molecule has 5 nitrogen and oxygen atoms in total. The highest BCUT2D eigenvalue weighted by Gasteiger charge is 2.39. The first-order chi connectivity index (χ1) is 10.0. The number of nitrogens with zero attached hydrogens (tertiary/aromatic N) is 2. The molecule has 2 rings (SSSR count). The highest BCUT2D eigenvalue weighted by atomic mass is 32.2. The Morgan fingerprint density at radius 2 is 2.33 bits per heavy atom. The van der Waals surface area contributed by atoms with Crippen molar-refractivity contribution in [1.82, 2.24) is 9.88 Å². The van der Waals surface area contributed by atoms with Crippen molar-refractivity contribution in [3.05, 3.63) is 35.0 Å². The fraction of sp³-hybridized carbons (Fsp3) is 0.286. The van der Waals surface area contributed by atoms with Crippen LogP contribution in [0.3, 0.4) is 0 Å². The summed E-state index contributed by atoms with van der Waals surface area (Å²) in [4.78, 5) is 29.5. The summed E-state index contributed by atoms with van der Waals surface area (Å²) in [5.74, 6) is -1.40. The van der Waals surface area contributed by atoms with Crippen LogP contribution in [0.1, 0.15) is 25.5 Å². The van der Waals surface area contributed by atoms with Gasteiger partial charge in [0, 0.05) is 6.20 Å². The molecule has 2 heterocycles. The maximum atomic E-state index is 12.4. The summed E-state index contributed by atoms with van der Waals surface area (Å²) in [5, 5.41) is 9.28. The predicted molar refractivity (Wildman–Crippen MR) is 85.6 cm³/mol. The number of aromatic nitrogens is 1. The van der Waals surface area contributed by atoms with Gasteiger partial charge in [0.15, 0.2) is 0 Å². The van der Waals surface area contributed by atoms with Gasteiger partial charge in [-0.1, -0.05) is 43.4 Å². The summed E-state index contributed by atoms with van der Waals surface area (Å²) >= 11 is 6.28. The van der Waals surface area contributed by atoms with E-state index in [-0.39, 0.29) is 10.2 Å². The standard InChI is InChI=1S/C14H14N2O3S2/c1-2-5-10(13(18)19)16-12(17)11(21-14(16)20)8-9-6-3-4-7-15-9/h3-4,6-8,10H,2,5H2,1H3,(H,18,19)/b11-8-/t10-/m0/s1. The highest BCUT2D eigenvalue weighted by molar-refractivity contribution is 8.26. The second-order valence-electron chi connectivity index (χ2n) is 4.45. The SMILES string of the molecule is CCC[C@@H](C(=O)O)N1C(=O)/C(=C/c2ccccn2)SC1=S. The number of carboxylic acid groups (broad SMARTS) is 1. The molecule has 110 valence electrons. The number of thioether (sulfide) groups is 1. The van der Waals surface area contributed by atoms with Crippen molar-refractivity contribution in [1.29, 1.82) is 0 Å². The number of hydrogen-bond acceptors (Lipinski definition) is 5. The Kier molecular flexibility index (Phi) is 5.08. The number of pyridine rings is 1. The van der Waals surface area contributed by atoms with Crippen LogP contribution in [-0.2, 0) is 9.59 Å². The number of amides is 1. The van der Waals surface area contributed by atoms with Crippen molar-refractivity contribution in [3.8, 4) is 0 Å². The Morgan fingerprint density at radius 3 is 2.90 bits per heavy atom. The lowest BCUT2D eigenvalue weighted by Gasteiger charge is -2.22. The van der Waals surface area contributed by atoms with Crippen LogP contribution < -0.4 is 0 Å². The lowest BCUT2D eigenvalue weighted by atomic mass is 10.1. The molecular weight excluding hydrogens is 308 g/mol. The Morgan fingerprint density at radius 1 is 1.57 bits per heavy atom. The van der Waals surface area contributed by atoms with Gasteiger partial charge < -0.3 is 5.11 Å². The normalized spacial score (nSPS) is 18.3. The zero-order valence-electron chi connectivity index (χ0n) is 11.4. The quantitative estimate of drug-likeness (QED) is 0.663. The number of thiocarbonyl (C=S) groups is 1. The van der Waals surface area contributed by atoms with Crippen molar-refractivity contribution in [2.45, 2.75) is 25.8 Å². The van der Waals surface area contributed by atoms with E-state index in [4.69, 9.17) is 12.2 Å². The molecular formula is C14H14N2O3S2. The van der Waals surface area contributed by atoms with Gasteiger partial charge in [0.1, 0.15) is 10.4 Å². The molecule has 0 spiro atoms. The monoisotopic (exact) mass is 322 g/mol. The third-order valence-corrected chi connectivity index (χ3v) is 4.28. The minimum Gasteiger partial charge on any atom is -0.480 e. The van der Waals surface area contributed by atoms with Crippen LogP contribution in [0.4, 0.5) is 0 Å². The molecule has 1 aliphatic rings. The number of carboxylic acids is 1. The summed E-state index contributed by atoms with van der Waals surface area (Å²) in [6, 6.07) is 4.46.